The Bertz CT molecular complexity index is 894. The van der Waals surface area contributed by atoms with Crippen molar-refractivity contribution in [1.29, 1.82) is 0 Å². The summed E-state index contributed by atoms with van der Waals surface area (Å²) in [7, 11) is 1.35. The molecule has 0 atom stereocenters. The monoisotopic (exact) mass is 374 g/mol. The van der Waals surface area contributed by atoms with Crippen LogP contribution in [0.1, 0.15) is 22.3 Å². The molecule has 2 rings (SSSR count). The maximum atomic E-state index is 13.0. The normalized spacial score (nSPS) is 12.7. The molecule has 0 radical (unpaired) electrons. The van der Waals surface area contributed by atoms with E-state index < -0.39 is 17.7 Å². The summed E-state index contributed by atoms with van der Waals surface area (Å²) in [5, 5.41) is 9.32. The molecule has 140 valence electrons. The Morgan fingerprint density at radius 3 is 2.11 bits per heavy atom. The van der Waals surface area contributed by atoms with Crippen molar-refractivity contribution in [2.24, 2.45) is 0 Å². The number of hydrogen-bond acceptors (Lipinski definition) is 2. The van der Waals surface area contributed by atoms with E-state index in [2.05, 4.69) is 0 Å². The second kappa shape index (κ2) is 8.89. The van der Waals surface area contributed by atoms with Crippen molar-refractivity contribution in [3.05, 3.63) is 89.2 Å². The van der Waals surface area contributed by atoms with E-state index in [0.29, 0.717) is 11.1 Å². The lowest BCUT2D eigenvalue weighted by atomic mass is 10.00. The maximum absolute atomic E-state index is 13.0. The highest BCUT2D eigenvalue weighted by Gasteiger charge is 2.32. The van der Waals surface area contributed by atoms with Gasteiger partial charge in [0.2, 0.25) is 0 Å². The molecular formula is C21H17F3O3. The van der Waals surface area contributed by atoms with Crippen LogP contribution in [0.25, 0.3) is 17.7 Å². The molecule has 0 heterocycles. The lowest BCUT2D eigenvalue weighted by Gasteiger charge is -2.09. The Hall–Kier alpha value is -3.28. The zero-order valence-electron chi connectivity index (χ0n) is 14.4. The van der Waals surface area contributed by atoms with Gasteiger partial charge in [-0.25, -0.2) is 4.79 Å². The van der Waals surface area contributed by atoms with Crippen molar-refractivity contribution in [2.45, 2.75) is 6.18 Å². The van der Waals surface area contributed by atoms with Gasteiger partial charge in [-0.3, -0.25) is 0 Å². The van der Waals surface area contributed by atoms with Crippen molar-refractivity contribution < 1.29 is 27.8 Å². The molecule has 0 spiro atoms. The number of alkyl halides is 3. The fourth-order valence-corrected chi connectivity index (χ4v) is 2.45. The van der Waals surface area contributed by atoms with Gasteiger partial charge >= 0.3 is 12.1 Å². The molecule has 0 aliphatic carbocycles. The Morgan fingerprint density at radius 2 is 1.52 bits per heavy atom. The molecule has 0 aliphatic rings. The van der Waals surface area contributed by atoms with E-state index in [1.807, 2.05) is 0 Å². The molecule has 2 aromatic carbocycles. The van der Waals surface area contributed by atoms with Gasteiger partial charge in [-0.05, 0) is 22.8 Å². The van der Waals surface area contributed by atoms with E-state index in [0.717, 1.165) is 12.3 Å². The van der Waals surface area contributed by atoms with Gasteiger partial charge in [-0.2, -0.15) is 13.2 Å². The van der Waals surface area contributed by atoms with Crippen LogP contribution in [0, 0.1) is 0 Å². The number of allylic oxidation sites excluding steroid dienone is 2. The van der Waals surface area contributed by atoms with Crippen LogP contribution in [0.4, 0.5) is 13.2 Å². The van der Waals surface area contributed by atoms with Gasteiger partial charge in [0.25, 0.3) is 0 Å². The zero-order valence-corrected chi connectivity index (χ0v) is 14.4. The van der Waals surface area contributed by atoms with Crippen molar-refractivity contribution in [3.8, 4) is 0 Å². The molecule has 3 nitrogen and oxygen atoms in total. The summed E-state index contributed by atoms with van der Waals surface area (Å²) in [5.74, 6) is -1.15. The molecule has 0 saturated carbocycles. The number of hydrogen-bond donors (Lipinski definition) is 1. The molecule has 0 amide bonds. The van der Waals surface area contributed by atoms with Gasteiger partial charge in [-0.1, -0.05) is 66.8 Å². The minimum atomic E-state index is -4.43. The number of rotatable bonds is 6. The molecule has 27 heavy (non-hydrogen) atoms. The fraction of sp³-hybridized carbons (Fsp3) is 0.0952. The standard InChI is InChI=1S/C21H17F3O3/c1-27-14-18(20(25)26)17-12-6-4-9-15(17)8-2-3-10-16-11-5-7-13-19(16)21(22,23)24/h2-14H,1H3,(H,25,26)/b8-2+,10-3+,18-14+. The van der Waals surface area contributed by atoms with E-state index in [4.69, 9.17) is 4.74 Å². The van der Waals surface area contributed by atoms with Crippen LogP contribution in [0.5, 0.6) is 0 Å². The van der Waals surface area contributed by atoms with E-state index >= 15 is 0 Å². The van der Waals surface area contributed by atoms with E-state index in [1.54, 1.807) is 36.4 Å². The van der Waals surface area contributed by atoms with Crippen LogP contribution in [-0.4, -0.2) is 18.2 Å². The number of halogens is 3. The second-order valence-corrected chi connectivity index (χ2v) is 5.46. The third-order valence-corrected chi connectivity index (χ3v) is 3.65. The van der Waals surface area contributed by atoms with Crippen molar-refractivity contribution in [3.63, 3.8) is 0 Å². The van der Waals surface area contributed by atoms with E-state index in [9.17, 15) is 23.1 Å². The summed E-state index contributed by atoms with van der Waals surface area (Å²) in [6, 6.07) is 12.0. The Kier molecular flexibility index (Phi) is 6.60. The van der Waals surface area contributed by atoms with E-state index in [1.165, 1.54) is 37.5 Å². The first-order chi connectivity index (χ1) is 12.8. The minimum absolute atomic E-state index is 0.0239. The van der Waals surface area contributed by atoms with Crippen LogP contribution in [0.2, 0.25) is 0 Å². The van der Waals surface area contributed by atoms with Crippen LogP contribution >= 0.6 is 0 Å². The highest BCUT2D eigenvalue weighted by molar-refractivity contribution is 6.16. The number of benzene rings is 2. The van der Waals surface area contributed by atoms with Gasteiger partial charge in [0.05, 0.1) is 18.9 Å². The summed E-state index contributed by atoms with van der Waals surface area (Å²) in [4.78, 5) is 11.4. The minimum Gasteiger partial charge on any atom is -0.503 e. The molecule has 0 unspecified atom stereocenters. The predicted molar refractivity (Wildman–Crippen MR) is 98.6 cm³/mol. The number of carboxylic acids is 1. The summed E-state index contributed by atoms with van der Waals surface area (Å²) < 4.78 is 43.8. The summed E-state index contributed by atoms with van der Waals surface area (Å²) >= 11 is 0. The quantitative estimate of drug-likeness (QED) is 0.412. The predicted octanol–water partition coefficient (Wildman–Crippen LogP) is 5.50. The maximum Gasteiger partial charge on any atom is 0.416 e. The largest absolute Gasteiger partial charge is 0.503 e. The Balaban J connectivity index is 2.30. The first kappa shape index (κ1) is 20.0. The zero-order chi connectivity index (χ0) is 19.9. The van der Waals surface area contributed by atoms with Crippen molar-refractivity contribution in [1.82, 2.24) is 0 Å². The van der Waals surface area contributed by atoms with Crippen molar-refractivity contribution >= 4 is 23.7 Å². The molecular weight excluding hydrogens is 357 g/mol. The number of methoxy groups -OCH3 is 1. The molecule has 0 aromatic heterocycles. The van der Waals surface area contributed by atoms with Crippen LogP contribution < -0.4 is 0 Å². The number of carboxylic acid groups (broad SMARTS) is 1. The average Bonchev–Trinajstić information content (AvgIpc) is 2.63. The molecule has 0 fully saturated rings. The topological polar surface area (TPSA) is 46.5 Å². The Labute approximate surface area is 154 Å². The van der Waals surface area contributed by atoms with Crippen LogP contribution in [-0.2, 0) is 15.7 Å². The fourth-order valence-electron chi connectivity index (χ4n) is 2.45. The van der Waals surface area contributed by atoms with Gasteiger partial charge < -0.3 is 9.84 Å². The third kappa shape index (κ3) is 5.34. The van der Waals surface area contributed by atoms with Crippen LogP contribution in [0.3, 0.4) is 0 Å². The lowest BCUT2D eigenvalue weighted by molar-refractivity contribution is -0.137. The number of carbonyl (C=O) groups is 1. The molecule has 0 bridgehead atoms. The molecule has 1 N–H and O–H groups in total. The third-order valence-electron chi connectivity index (χ3n) is 3.65. The van der Waals surface area contributed by atoms with Crippen LogP contribution in [0.15, 0.2) is 66.9 Å². The SMILES string of the molecule is CO/C=C(/C(=O)O)c1ccccc1/C=C/C=C/c1ccccc1C(F)(F)F. The second-order valence-electron chi connectivity index (χ2n) is 5.46. The molecule has 2 aromatic rings. The number of ether oxygens (including phenoxy) is 1. The molecule has 0 saturated heterocycles. The highest BCUT2D eigenvalue weighted by Crippen LogP contribution is 2.32. The summed E-state index contributed by atoms with van der Waals surface area (Å²) in [5.41, 5.74) is 0.341. The van der Waals surface area contributed by atoms with Gasteiger partial charge in [0, 0.05) is 0 Å². The summed E-state index contributed by atoms with van der Waals surface area (Å²) in [6.45, 7) is 0. The highest BCUT2D eigenvalue weighted by atomic mass is 19.4. The van der Waals surface area contributed by atoms with Crippen molar-refractivity contribution in [2.75, 3.05) is 7.11 Å². The first-order valence-electron chi connectivity index (χ1n) is 7.91. The van der Waals surface area contributed by atoms with Gasteiger partial charge in [-0.15, -0.1) is 0 Å². The molecule has 0 aliphatic heterocycles. The van der Waals surface area contributed by atoms with Gasteiger partial charge in [0.1, 0.15) is 5.57 Å². The first-order valence-corrected chi connectivity index (χ1v) is 7.91. The number of aliphatic carboxylic acids is 1. The molecule has 6 heteroatoms. The summed E-state index contributed by atoms with van der Waals surface area (Å²) in [6.07, 6.45) is 2.70. The Morgan fingerprint density at radius 1 is 0.963 bits per heavy atom. The van der Waals surface area contributed by atoms with Gasteiger partial charge in [0.15, 0.2) is 0 Å². The lowest BCUT2D eigenvalue weighted by Crippen LogP contribution is -2.06. The smallest absolute Gasteiger partial charge is 0.416 e. The average molecular weight is 374 g/mol. The van der Waals surface area contributed by atoms with E-state index in [-0.39, 0.29) is 11.1 Å².